The van der Waals surface area contributed by atoms with Crippen LogP contribution in [0, 0.1) is 0 Å². The van der Waals surface area contributed by atoms with Crippen molar-refractivity contribution in [2.45, 2.75) is 0 Å². The molecule has 0 saturated heterocycles. The van der Waals surface area contributed by atoms with Gasteiger partial charge in [0, 0.05) is 0 Å². The molecule has 46 heavy (non-hydrogen) atoms. The second-order valence-corrected chi connectivity index (χ2v) is 12.0. The smallest absolute Gasteiger partial charge is 0.000763 e. The zero-order valence-corrected chi connectivity index (χ0v) is 25.3. The van der Waals surface area contributed by atoms with Crippen molar-refractivity contribution in [3.05, 3.63) is 182 Å². The Hall–Kier alpha value is -5.98. The van der Waals surface area contributed by atoms with E-state index in [1.807, 2.05) is 0 Å². The number of benzene rings is 9. The molecule has 0 N–H and O–H groups in total. The van der Waals surface area contributed by atoms with Crippen LogP contribution in [-0.4, -0.2) is 0 Å². The van der Waals surface area contributed by atoms with Gasteiger partial charge in [-0.1, -0.05) is 182 Å². The Kier molecular flexibility index (Phi) is 6.25. The molecule has 0 heteroatoms. The van der Waals surface area contributed by atoms with Crippen LogP contribution in [0.2, 0.25) is 0 Å². The van der Waals surface area contributed by atoms with Crippen molar-refractivity contribution in [1.82, 2.24) is 0 Å². The quantitative estimate of drug-likeness (QED) is 0.181. The molecule has 0 aromatic heterocycles. The van der Waals surface area contributed by atoms with Crippen molar-refractivity contribution in [2.75, 3.05) is 0 Å². The summed E-state index contributed by atoms with van der Waals surface area (Å²) in [6.07, 6.45) is 0. The van der Waals surface area contributed by atoms with Crippen LogP contribution < -0.4 is 0 Å². The topological polar surface area (TPSA) is 0 Å². The summed E-state index contributed by atoms with van der Waals surface area (Å²) in [5, 5.41) is 10.2. The highest BCUT2D eigenvalue weighted by Gasteiger charge is 2.23. The molecule has 9 aromatic rings. The molecule has 0 aliphatic carbocycles. The van der Waals surface area contributed by atoms with E-state index in [0.717, 1.165) is 0 Å². The number of fused-ring (bicyclic) bond motifs is 7. The Balaban J connectivity index is 1.61. The van der Waals surface area contributed by atoms with Crippen LogP contribution >= 0.6 is 0 Å². The van der Waals surface area contributed by atoms with Crippen molar-refractivity contribution < 1.29 is 0 Å². The predicted molar refractivity (Wildman–Crippen MR) is 198 cm³/mol. The van der Waals surface area contributed by atoms with E-state index in [1.54, 1.807) is 0 Å². The van der Waals surface area contributed by atoms with Gasteiger partial charge in [0.05, 0.1) is 0 Å². The predicted octanol–water partition coefficient (Wildman–Crippen LogP) is 13.0. The zero-order chi connectivity index (χ0) is 30.5. The number of rotatable bonds is 4. The summed E-state index contributed by atoms with van der Waals surface area (Å²) in [4.78, 5) is 0. The van der Waals surface area contributed by atoms with Crippen LogP contribution in [0.5, 0.6) is 0 Å². The fourth-order valence-corrected chi connectivity index (χ4v) is 7.57. The molecular weight excluding hydrogens is 553 g/mol. The molecule has 0 atom stereocenters. The fourth-order valence-electron chi connectivity index (χ4n) is 7.57. The van der Waals surface area contributed by atoms with Crippen LogP contribution in [0.4, 0.5) is 0 Å². The van der Waals surface area contributed by atoms with Gasteiger partial charge in [0.15, 0.2) is 0 Å². The molecule has 0 radical (unpaired) electrons. The minimum atomic E-state index is 1.22. The molecule has 0 aliphatic rings. The third kappa shape index (κ3) is 4.08. The first-order chi connectivity index (χ1) is 22.9. The van der Waals surface area contributed by atoms with Crippen LogP contribution in [0.25, 0.3) is 87.6 Å². The summed E-state index contributed by atoms with van der Waals surface area (Å²) in [7, 11) is 0. The third-order valence-corrected chi connectivity index (χ3v) is 9.43. The van der Waals surface area contributed by atoms with Crippen molar-refractivity contribution in [3.8, 4) is 44.5 Å². The molecule has 0 spiro atoms. The maximum atomic E-state index is 2.38. The summed E-state index contributed by atoms with van der Waals surface area (Å²) in [6.45, 7) is 0. The maximum absolute atomic E-state index is 2.38. The molecule has 0 bridgehead atoms. The van der Waals surface area contributed by atoms with E-state index in [0.29, 0.717) is 0 Å². The minimum absolute atomic E-state index is 1.22. The lowest BCUT2D eigenvalue weighted by Crippen LogP contribution is -1.96. The minimum Gasteiger partial charge on any atom is -0.0622 e. The molecule has 0 fully saturated rings. The van der Waals surface area contributed by atoms with Crippen molar-refractivity contribution >= 4 is 43.1 Å². The second kappa shape index (κ2) is 10.9. The largest absolute Gasteiger partial charge is 0.0622 e. The van der Waals surface area contributed by atoms with E-state index < -0.39 is 0 Å². The van der Waals surface area contributed by atoms with Gasteiger partial charge in [-0.05, 0) is 87.6 Å². The molecule has 0 nitrogen and oxygen atoms in total. The van der Waals surface area contributed by atoms with E-state index in [2.05, 4.69) is 182 Å². The van der Waals surface area contributed by atoms with E-state index in [1.165, 1.54) is 87.6 Å². The third-order valence-electron chi connectivity index (χ3n) is 9.43. The highest BCUT2D eigenvalue weighted by molar-refractivity contribution is 6.35. The van der Waals surface area contributed by atoms with E-state index in [9.17, 15) is 0 Å². The number of hydrogen-bond donors (Lipinski definition) is 0. The summed E-state index contributed by atoms with van der Waals surface area (Å²) < 4.78 is 0. The highest BCUT2D eigenvalue weighted by atomic mass is 14.3. The molecule has 0 amide bonds. The Morgan fingerprint density at radius 3 is 0.978 bits per heavy atom. The van der Waals surface area contributed by atoms with Crippen LogP contribution in [-0.2, 0) is 0 Å². The SMILES string of the molecule is c1ccc(-c2c(-c3ccccc3)c3c(ccc4c(-c5ccccc5)c(-c5ccccc5)c5ccccc5c43)c3ccccc23)cc1. The first kappa shape index (κ1) is 26.4. The van der Waals surface area contributed by atoms with Gasteiger partial charge in [-0.15, -0.1) is 0 Å². The maximum Gasteiger partial charge on any atom is -0.000763 e. The molecule has 0 saturated carbocycles. The molecule has 9 rings (SSSR count). The highest BCUT2D eigenvalue weighted by Crippen LogP contribution is 2.51. The van der Waals surface area contributed by atoms with Crippen molar-refractivity contribution in [1.29, 1.82) is 0 Å². The average Bonchev–Trinajstić information content (AvgIpc) is 3.14. The average molecular weight is 583 g/mol. The first-order valence-corrected chi connectivity index (χ1v) is 16.0. The Morgan fingerprint density at radius 1 is 0.174 bits per heavy atom. The zero-order valence-electron chi connectivity index (χ0n) is 25.3. The van der Waals surface area contributed by atoms with Gasteiger partial charge in [-0.2, -0.15) is 0 Å². The van der Waals surface area contributed by atoms with Gasteiger partial charge in [0.1, 0.15) is 0 Å². The molecule has 0 aliphatic heterocycles. The van der Waals surface area contributed by atoms with Gasteiger partial charge < -0.3 is 0 Å². The van der Waals surface area contributed by atoms with Crippen LogP contribution in [0.1, 0.15) is 0 Å². The summed E-state index contributed by atoms with van der Waals surface area (Å²) in [5.74, 6) is 0. The first-order valence-electron chi connectivity index (χ1n) is 16.0. The van der Waals surface area contributed by atoms with Gasteiger partial charge in [-0.25, -0.2) is 0 Å². The Labute approximate surface area is 268 Å². The van der Waals surface area contributed by atoms with Gasteiger partial charge in [-0.3, -0.25) is 0 Å². The summed E-state index contributed by atoms with van der Waals surface area (Å²) in [5.41, 5.74) is 10.0. The monoisotopic (exact) mass is 582 g/mol. The molecular formula is C46H30. The van der Waals surface area contributed by atoms with Crippen LogP contribution in [0.3, 0.4) is 0 Å². The van der Waals surface area contributed by atoms with Gasteiger partial charge in [0.25, 0.3) is 0 Å². The summed E-state index contributed by atoms with van der Waals surface area (Å²) >= 11 is 0. The number of hydrogen-bond acceptors (Lipinski definition) is 0. The van der Waals surface area contributed by atoms with Gasteiger partial charge in [0.2, 0.25) is 0 Å². The van der Waals surface area contributed by atoms with Crippen molar-refractivity contribution in [2.24, 2.45) is 0 Å². The Morgan fingerprint density at radius 2 is 0.478 bits per heavy atom. The molecule has 0 unspecified atom stereocenters. The Bertz CT molecular complexity index is 2530. The van der Waals surface area contributed by atoms with E-state index in [4.69, 9.17) is 0 Å². The van der Waals surface area contributed by atoms with E-state index in [-0.39, 0.29) is 0 Å². The lowest BCUT2D eigenvalue weighted by Gasteiger charge is -2.23. The van der Waals surface area contributed by atoms with Crippen molar-refractivity contribution in [3.63, 3.8) is 0 Å². The van der Waals surface area contributed by atoms with Crippen LogP contribution in [0.15, 0.2) is 182 Å². The fraction of sp³-hybridized carbons (Fsp3) is 0. The van der Waals surface area contributed by atoms with Gasteiger partial charge >= 0.3 is 0 Å². The molecule has 214 valence electrons. The summed E-state index contributed by atoms with van der Waals surface area (Å²) in [6, 6.07) is 66.4. The van der Waals surface area contributed by atoms with E-state index >= 15 is 0 Å². The molecule has 0 heterocycles. The standard InChI is InChI=1S/C46H30/c1-5-17-31(18-6-1)41-37-27-15-16-28-38(37)45-40(43(41)33-21-9-3-10-22-33)30-29-39-35-25-13-14-26-36(35)42(32-19-7-2-8-20-32)44(46(39)45)34-23-11-4-12-24-34/h1-30H. The lowest BCUT2D eigenvalue weighted by molar-refractivity contribution is 1.62. The second-order valence-electron chi connectivity index (χ2n) is 12.0. The lowest BCUT2D eigenvalue weighted by atomic mass is 9.79. The normalized spacial score (nSPS) is 11.5. The molecule has 9 aromatic carbocycles.